The van der Waals surface area contributed by atoms with Gasteiger partial charge >= 0.3 is 6.36 Å². The highest BCUT2D eigenvalue weighted by Crippen LogP contribution is 2.32. The molecule has 33 heavy (non-hydrogen) atoms. The van der Waals surface area contributed by atoms with Crippen LogP contribution in [0.3, 0.4) is 0 Å². The van der Waals surface area contributed by atoms with Gasteiger partial charge in [-0.1, -0.05) is 13.8 Å². The summed E-state index contributed by atoms with van der Waals surface area (Å²) in [4.78, 5) is -0.0148. The molecule has 2 atom stereocenters. The summed E-state index contributed by atoms with van der Waals surface area (Å²) in [5.74, 6) is -1.20. The monoisotopic (exact) mass is 490 g/mol. The molecule has 2 aromatic carbocycles. The van der Waals surface area contributed by atoms with Crippen molar-refractivity contribution < 1.29 is 45.6 Å². The van der Waals surface area contributed by atoms with E-state index in [1.807, 2.05) is 13.8 Å². The second-order valence-electron chi connectivity index (χ2n) is 7.53. The Hall–Kier alpha value is -2.34. The molecule has 3 rings (SSSR count). The minimum Gasteiger partial charge on any atom is -0.457 e. The molecule has 182 valence electrons. The maximum absolute atomic E-state index is 12.7. The van der Waals surface area contributed by atoms with E-state index in [1.54, 1.807) is 0 Å². The standard InChI is InChI=1S/C22H25F3O7S/c1-3-21(4-2)29-13-20(32-21)19(26)14-33(27,28)18-11-9-16(10-12-18)30-15-5-7-17(8-6-15)31-22(23,24)25/h5-12,19-20,26H,3-4,13-14H2,1-2H3/t19-,20-/m1/s1. The first-order chi connectivity index (χ1) is 15.5. The van der Waals surface area contributed by atoms with Gasteiger partial charge in [0.2, 0.25) is 0 Å². The Bertz CT molecular complexity index is 1020. The normalized spacial score (nSPS) is 19.3. The molecule has 0 aromatic heterocycles. The third-order valence-electron chi connectivity index (χ3n) is 5.25. The fraction of sp³-hybridized carbons (Fsp3) is 0.455. The largest absolute Gasteiger partial charge is 0.573 e. The highest BCUT2D eigenvalue weighted by Gasteiger charge is 2.42. The molecule has 0 bridgehead atoms. The van der Waals surface area contributed by atoms with Crippen LogP contribution in [0.2, 0.25) is 0 Å². The molecule has 0 unspecified atom stereocenters. The average Bonchev–Trinajstić information content (AvgIpc) is 3.20. The van der Waals surface area contributed by atoms with Gasteiger partial charge in [-0.05, 0) is 61.4 Å². The number of hydrogen-bond acceptors (Lipinski definition) is 7. The van der Waals surface area contributed by atoms with Crippen LogP contribution in [-0.4, -0.2) is 50.2 Å². The van der Waals surface area contributed by atoms with Crippen LogP contribution in [0, 0.1) is 0 Å². The molecule has 1 aliphatic rings. The number of benzene rings is 2. The second-order valence-corrected chi connectivity index (χ2v) is 9.56. The first-order valence-electron chi connectivity index (χ1n) is 10.3. The van der Waals surface area contributed by atoms with E-state index in [4.69, 9.17) is 14.2 Å². The van der Waals surface area contributed by atoms with Crippen LogP contribution in [0.4, 0.5) is 13.2 Å². The third-order valence-corrected chi connectivity index (χ3v) is 7.02. The molecule has 1 aliphatic heterocycles. The first kappa shape index (κ1) is 25.3. The van der Waals surface area contributed by atoms with Gasteiger partial charge in [-0.2, -0.15) is 0 Å². The Morgan fingerprint density at radius 1 is 1.03 bits per heavy atom. The summed E-state index contributed by atoms with van der Waals surface area (Å²) < 4.78 is 82.9. The number of hydrogen-bond donors (Lipinski definition) is 1. The van der Waals surface area contributed by atoms with E-state index >= 15 is 0 Å². The maximum Gasteiger partial charge on any atom is 0.573 e. The summed E-state index contributed by atoms with van der Waals surface area (Å²) in [5, 5.41) is 10.4. The molecule has 0 radical (unpaired) electrons. The van der Waals surface area contributed by atoms with Crippen LogP contribution in [-0.2, 0) is 19.3 Å². The molecule has 1 N–H and O–H groups in total. The molecule has 1 saturated heterocycles. The summed E-state index contributed by atoms with van der Waals surface area (Å²) in [6, 6.07) is 10.3. The number of aliphatic hydroxyl groups is 1. The van der Waals surface area contributed by atoms with E-state index in [0.717, 1.165) is 12.1 Å². The van der Waals surface area contributed by atoms with Gasteiger partial charge in [-0.15, -0.1) is 13.2 Å². The highest BCUT2D eigenvalue weighted by molar-refractivity contribution is 7.91. The lowest BCUT2D eigenvalue weighted by Crippen LogP contribution is -2.37. The van der Waals surface area contributed by atoms with Crippen LogP contribution >= 0.6 is 0 Å². The number of aliphatic hydroxyl groups excluding tert-OH is 1. The number of sulfone groups is 1. The van der Waals surface area contributed by atoms with Gasteiger partial charge in [0.25, 0.3) is 0 Å². The van der Waals surface area contributed by atoms with Crippen molar-refractivity contribution in [1.29, 1.82) is 0 Å². The Morgan fingerprint density at radius 3 is 2.03 bits per heavy atom. The molecule has 0 spiro atoms. The minimum atomic E-state index is -4.79. The lowest BCUT2D eigenvalue weighted by Gasteiger charge is -2.26. The molecular formula is C22H25F3O7S. The van der Waals surface area contributed by atoms with Crippen LogP contribution < -0.4 is 9.47 Å². The van der Waals surface area contributed by atoms with E-state index in [0.29, 0.717) is 12.8 Å². The van der Waals surface area contributed by atoms with Crippen molar-refractivity contribution in [3.63, 3.8) is 0 Å². The number of ether oxygens (including phenoxy) is 4. The van der Waals surface area contributed by atoms with Gasteiger partial charge in [-0.3, -0.25) is 0 Å². The second kappa shape index (κ2) is 9.88. The van der Waals surface area contributed by atoms with Crippen molar-refractivity contribution in [3.8, 4) is 17.2 Å². The molecule has 0 amide bonds. The van der Waals surface area contributed by atoms with Gasteiger partial charge in [0.15, 0.2) is 15.6 Å². The Kier molecular flexibility index (Phi) is 7.57. The first-order valence-corrected chi connectivity index (χ1v) is 12.0. The van der Waals surface area contributed by atoms with Gasteiger partial charge in [0.05, 0.1) is 23.4 Å². The molecule has 11 heteroatoms. The van der Waals surface area contributed by atoms with Crippen molar-refractivity contribution in [2.24, 2.45) is 0 Å². The predicted octanol–water partition coefficient (Wildman–Crippen LogP) is 4.44. The van der Waals surface area contributed by atoms with Crippen LogP contribution in [0.15, 0.2) is 53.4 Å². The molecular weight excluding hydrogens is 465 g/mol. The molecule has 2 aromatic rings. The zero-order chi connectivity index (χ0) is 24.3. The van der Waals surface area contributed by atoms with Gasteiger partial charge in [0, 0.05) is 0 Å². The van der Waals surface area contributed by atoms with E-state index in [-0.39, 0.29) is 28.8 Å². The molecule has 1 fully saturated rings. The number of halogens is 3. The summed E-state index contributed by atoms with van der Waals surface area (Å²) >= 11 is 0. The van der Waals surface area contributed by atoms with Crippen molar-refractivity contribution in [2.45, 2.75) is 55.9 Å². The van der Waals surface area contributed by atoms with Gasteiger partial charge < -0.3 is 24.1 Å². The predicted molar refractivity (Wildman–Crippen MR) is 112 cm³/mol. The molecule has 0 aliphatic carbocycles. The SMILES string of the molecule is CCC1(CC)OC[C@H]([C@H](O)CS(=O)(=O)c2ccc(Oc3ccc(OC(F)(F)F)cc3)cc2)O1. The quantitative estimate of drug-likeness (QED) is 0.556. The number of alkyl halides is 3. The summed E-state index contributed by atoms with van der Waals surface area (Å²) in [7, 11) is -3.82. The van der Waals surface area contributed by atoms with Crippen molar-refractivity contribution in [3.05, 3.63) is 48.5 Å². The zero-order valence-electron chi connectivity index (χ0n) is 18.0. The molecule has 0 saturated carbocycles. The Morgan fingerprint density at radius 2 is 1.55 bits per heavy atom. The molecule has 7 nitrogen and oxygen atoms in total. The summed E-state index contributed by atoms with van der Waals surface area (Å²) in [6.45, 7) is 3.89. The van der Waals surface area contributed by atoms with Crippen molar-refractivity contribution in [2.75, 3.05) is 12.4 Å². The topological polar surface area (TPSA) is 91.3 Å². The smallest absolute Gasteiger partial charge is 0.457 e. The Labute approximate surface area is 190 Å². The minimum absolute atomic E-state index is 0.0148. The van der Waals surface area contributed by atoms with E-state index in [1.165, 1.54) is 36.4 Å². The third kappa shape index (κ3) is 6.59. The number of rotatable bonds is 9. The summed E-state index contributed by atoms with van der Waals surface area (Å²) in [5.41, 5.74) is 0. The lowest BCUT2D eigenvalue weighted by atomic mass is 10.1. The Balaban J connectivity index is 1.61. The van der Waals surface area contributed by atoms with Crippen LogP contribution in [0.5, 0.6) is 17.2 Å². The molecule has 1 heterocycles. The highest BCUT2D eigenvalue weighted by atomic mass is 32.2. The van der Waals surface area contributed by atoms with E-state index in [2.05, 4.69) is 4.74 Å². The zero-order valence-corrected chi connectivity index (χ0v) is 18.9. The fourth-order valence-corrected chi connectivity index (χ4v) is 4.78. The van der Waals surface area contributed by atoms with Gasteiger partial charge in [0.1, 0.15) is 23.4 Å². The van der Waals surface area contributed by atoms with Crippen molar-refractivity contribution >= 4 is 9.84 Å². The average molecular weight is 490 g/mol. The van der Waals surface area contributed by atoms with Gasteiger partial charge in [-0.25, -0.2) is 8.42 Å². The maximum atomic E-state index is 12.7. The van der Waals surface area contributed by atoms with Crippen molar-refractivity contribution in [1.82, 2.24) is 0 Å². The van der Waals surface area contributed by atoms with Crippen LogP contribution in [0.25, 0.3) is 0 Å². The lowest BCUT2D eigenvalue weighted by molar-refractivity contribution is -0.274. The van der Waals surface area contributed by atoms with E-state index < -0.39 is 39.9 Å². The fourth-order valence-electron chi connectivity index (χ4n) is 3.38. The summed E-state index contributed by atoms with van der Waals surface area (Å²) in [6.07, 6.45) is -5.63. The van der Waals surface area contributed by atoms with Crippen LogP contribution in [0.1, 0.15) is 26.7 Å². The van der Waals surface area contributed by atoms with E-state index in [9.17, 15) is 26.7 Å².